The molecule has 3 heterocycles. The molecule has 1 aliphatic rings. The maximum atomic E-state index is 15.6. The molecule has 13 heteroatoms. The number of ether oxygens (including phenoxy) is 2. The Bertz CT molecular complexity index is 1930. The van der Waals surface area contributed by atoms with E-state index in [1.54, 1.807) is 13.2 Å². The van der Waals surface area contributed by atoms with Gasteiger partial charge in [-0.1, -0.05) is 30.3 Å². The molecule has 50 heavy (non-hydrogen) atoms. The Morgan fingerprint density at radius 3 is 2.42 bits per heavy atom. The summed E-state index contributed by atoms with van der Waals surface area (Å²) in [4.78, 5) is 31.8. The molecule has 2 aromatic heterocycles. The van der Waals surface area contributed by atoms with Crippen LogP contribution in [0.2, 0.25) is 0 Å². The van der Waals surface area contributed by atoms with E-state index >= 15 is 4.39 Å². The first-order chi connectivity index (χ1) is 23.6. The van der Waals surface area contributed by atoms with E-state index in [0.29, 0.717) is 30.4 Å². The van der Waals surface area contributed by atoms with E-state index in [9.17, 15) is 13.2 Å². The van der Waals surface area contributed by atoms with Crippen LogP contribution in [0.15, 0.2) is 71.6 Å². The smallest absolute Gasteiger partial charge is 0.264 e. The van der Waals surface area contributed by atoms with Gasteiger partial charge in [0.25, 0.3) is 15.9 Å². The van der Waals surface area contributed by atoms with Gasteiger partial charge in [-0.2, -0.15) is 4.98 Å². The lowest BCUT2D eigenvalue weighted by Crippen LogP contribution is -2.46. The molecule has 1 amide bonds. The third kappa shape index (κ3) is 8.75. The van der Waals surface area contributed by atoms with Gasteiger partial charge in [0.15, 0.2) is 0 Å². The van der Waals surface area contributed by atoms with Crippen molar-refractivity contribution >= 4 is 27.7 Å². The van der Waals surface area contributed by atoms with E-state index in [4.69, 9.17) is 14.5 Å². The van der Waals surface area contributed by atoms with Crippen molar-refractivity contribution in [1.29, 1.82) is 0 Å². The Balaban J connectivity index is 1.64. The number of aryl methyl sites for hydroxylation is 2. The summed E-state index contributed by atoms with van der Waals surface area (Å²) in [6.07, 6.45) is -0.0810. The standard InChI is InChI=1S/C37H45FN6O5S/c1-24(2)43(17-18-48-7)32-16-10-14-28(39-32)22-44-29(21-37(5,6)38)23-49-33-20-31(34-25(3)11-8-12-26(34)4)40-36(41-33)42-50(46,47)30-15-9-13-27(19-30)35(44)45/h8-16,19-20,24,29H,17-18,21-23H2,1-7H3,(H,40,41,42)/t29-/m1/s1. The average Bonchev–Trinajstić information content (AvgIpc) is 3.04. The maximum absolute atomic E-state index is 15.6. The highest BCUT2D eigenvalue weighted by Gasteiger charge is 2.33. The van der Waals surface area contributed by atoms with Gasteiger partial charge in [-0.25, -0.2) is 27.5 Å². The van der Waals surface area contributed by atoms with Gasteiger partial charge in [-0.05, 0) is 83.0 Å². The van der Waals surface area contributed by atoms with Crippen LogP contribution in [0.5, 0.6) is 5.88 Å². The van der Waals surface area contributed by atoms with Crippen LogP contribution in [0.3, 0.4) is 0 Å². The molecule has 0 radical (unpaired) electrons. The molecule has 0 saturated carbocycles. The average molecular weight is 705 g/mol. The van der Waals surface area contributed by atoms with E-state index < -0.39 is 27.6 Å². The van der Waals surface area contributed by atoms with Crippen molar-refractivity contribution in [1.82, 2.24) is 19.9 Å². The van der Waals surface area contributed by atoms with Crippen molar-refractivity contribution in [2.24, 2.45) is 0 Å². The molecule has 0 saturated heterocycles. The summed E-state index contributed by atoms with van der Waals surface area (Å²) in [5.74, 6) is 0.0828. The van der Waals surface area contributed by atoms with Crippen LogP contribution < -0.4 is 14.4 Å². The summed E-state index contributed by atoms with van der Waals surface area (Å²) in [7, 11) is -2.60. The Morgan fingerprint density at radius 2 is 1.74 bits per heavy atom. The van der Waals surface area contributed by atoms with Crippen LogP contribution in [0.1, 0.15) is 61.3 Å². The normalized spacial score (nSPS) is 16.1. The van der Waals surface area contributed by atoms with Gasteiger partial charge in [0, 0.05) is 43.3 Å². The second-order valence-corrected chi connectivity index (χ2v) is 15.1. The van der Waals surface area contributed by atoms with Crippen LogP contribution in [-0.2, 0) is 21.3 Å². The SMILES string of the molecule is COCCN(c1cccc(CN2C(=O)c3cccc(c3)S(=O)(=O)Nc3nc(cc(-c4c(C)cccc4C)n3)OC[C@H]2CC(C)(C)F)n1)C(C)C. The van der Waals surface area contributed by atoms with Crippen molar-refractivity contribution in [2.45, 2.75) is 77.2 Å². The largest absolute Gasteiger partial charge is 0.475 e. The number of methoxy groups -OCH3 is 1. The number of carbonyl (C=O) groups excluding carboxylic acids is 1. The fourth-order valence-corrected chi connectivity index (χ4v) is 7.11. The molecular weight excluding hydrogens is 660 g/mol. The summed E-state index contributed by atoms with van der Waals surface area (Å²) < 4.78 is 57.0. The van der Waals surface area contributed by atoms with E-state index in [2.05, 4.69) is 33.4 Å². The summed E-state index contributed by atoms with van der Waals surface area (Å²) in [6.45, 7) is 11.9. The van der Waals surface area contributed by atoms with Gasteiger partial charge in [-0.3, -0.25) is 4.79 Å². The summed E-state index contributed by atoms with van der Waals surface area (Å²) in [5.41, 5.74) is 2.08. The molecule has 1 N–H and O–H groups in total. The van der Waals surface area contributed by atoms with Crippen LogP contribution in [0.25, 0.3) is 11.3 Å². The fourth-order valence-electron chi connectivity index (χ4n) is 6.12. The molecule has 1 atom stereocenters. The van der Waals surface area contributed by atoms with E-state index in [1.807, 2.05) is 50.2 Å². The highest BCUT2D eigenvalue weighted by molar-refractivity contribution is 7.92. The number of rotatable bonds is 10. The van der Waals surface area contributed by atoms with Gasteiger partial charge < -0.3 is 19.3 Å². The third-order valence-corrected chi connectivity index (χ3v) is 9.81. The lowest BCUT2D eigenvalue weighted by atomic mass is 9.98. The van der Waals surface area contributed by atoms with Gasteiger partial charge in [0.05, 0.1) is 35.5 Å². The zero-order valence-electron chi connectivity index (χ0n) is 29.6. The number of halogens is 1. The number of sulfonamides is 1. The molecule has 1 aliphatic heterocycles. The number of fused-ring (bicyclic) bond motifs is 4. The lowest BCUT2D eigenvalue weighted by molar-refractivity contribution is 0.0450. The summed E-state index contributed by atoms with van der Waals surface area (Å²) in [5, 5.41) is 0. The number of nitrogens with one attached hydrogen (secondary N) is 1. The minimum Gasteiger partial charge on any atom is -0.475 e. The topological polar surface area (TPSA) is 127 Å². The quantitative estimate of drug-likeness (QED) is 0.201. The Labute approximate surface area is 293 Å². The minimum absolute atomic E-state index is 0.00486. The zero-order valence-corrected chi connectivity index (χ0v) is 30.4. The molecule has 0 unspecified atom stereocenters. The molecule has 5 rings (SSSR count). The predicted octanol–water partition coefficient (Wildman–Crippen LogP) is 6.36. The second kappa shape index (κ2) is 15.1. The van der Waals surface area contributed by atoms with Crippen LogP contribution in [0.4, 0.5) is 16.2 Å². The molecule has 4 aromatic rings. The molecule has 0 fully saturated rings. The Kier molecular flexibility index (Phi) is 11.1. The first-order valence-corrected chi connectivity index (χ1v) is 18.1. The molecule has 2 aromatic carbocycles. The van der Waals surface area contributed by atoms with Crippen molar-refractivity contribution in [2.75, 3.05) is 36.5 Å². The van der Waals surface area contributed by atoms with Gasteiger partial charge in [-0.15, -0.1) is 0 Å². The summed E-state index contributed by atoms with van der Waals surface area (Å²) >= 11 is 0. The van der Waals surface area contributed by atoms with E-state index in [-0.39, 0.29) is 47.9 Å². The number of nitrogens with zero attached hydrogens (tertiary/aromatic N) is 5. The van der Waals surface area contributed by atoms with Gasteiger partial charge >= 0.3 is 0 Å². The monoisotopic (exact) mass is 704 g/mol. The maximum Gasteiger partial charge on any atom is 0.264 e. The number of hydrogen-bond acceptors (Lipinski definition) is 9. The molecule has 0 aliphatic carbocycles. The number of pyridine rings is 1. The molecule has 11 nitrogen and oxygen atoms in total. The van der Waals surface area contributed by atoms with Gasteiger partial charge in [0.1, 0.15) is 18.1 Å². The molecule has 4 bridgehead atoms. The third-order valence-electron chi connectivity index (χ3n) is 8.48. The number of hydrogen-bond donors (Lipinski definition) is 1. The molecular formula is C37H45FN6O5S. The number of amides is 1. The predicted molar refractivity (Wildman–Crippen MR) is 192 cm³/mol. The number of carbonyl (C=O) groups is 1. The first kappa shape index (κ1) is 36.7. The Morgan fingerprint density at radius 1 is 1.04 bits per heavy atom. The van der Waals surface area contributed by atoms with Crippen LogP contribution >= 0.6 is 0 Å². The van der Waals surface area contributed by atoms with Crippen molar-refractivity contribution in [3.05, 3.63) is 89.1 Å². The summed E-state index contributed by atoms with van der Waals surface area (Å²) in [6, 6.07) is 18.1. The van der Waals surface area contributed by atoms with Crippen LogP contribution in [0, 0.1) is 13.8 Å². The van der Waals surface area contributed by atoms with Gasteiger partial charge in [0.2, 0.25) is 11.8 Å². The number of anilines is 2. The van der Waals surface area contributed by atoms with E-state index in [1.165, 1.54) is 43.0 Å². The minimum atomic E-state index is -4.24. The number of benzene rings is 2. The lowest BCUT2D eigenvalue weighted by Gasteiger charge is -2.34. The van der Waals surface area contributed by atoms with Crippen molar-refractivity contribution < 1.29 is 27.1 Å². The molecule has 266 valence electrons. The first-order valence-electron chi connectivity index (χ1n) is 16.6. The number of aromatic nitrogens is 3. The highest BCUT2D eigenvalue weighted by atomic mass is 32.2. The zero-order chi connectivity index (χ0) is 36.2. The fraction of sp³-hybridized carbons (Fsp3) is 0.405. The second-order valence-electron chi connectivity index (χ2n) is 13.4. The Hall–Kier alpha value is -4.62. The van der Waals surface area contributed by atoms with E-state index in [0.717, 1.165) is 16.7 Å². The van der Waals surface area contributed by atoms with Crippen LogP contribution in [-0.4, -0.2) is 78.8 Å². The van der Waals surface area contributed by atoms with Crippen molar-refractivity contribution in [3.8, 4) is 17.1 Å². The molecule has 0 spiro atoms. The highest BCUT2D eigenvalue weighted by Crippen LogP contribution is 2.31. The van der Waals surface area contributed by atoms with Crippen molar-refractivity contribution in [3.63, 3.8) is 0 Å². The number of alkyl halides is 1.